The van der Waals surface area contributed by atoms with Gasteiger partial charge in [-0.25, -0.2) is 15.0 Å². The molecule has 4 rings (SSSR count). The highest BCUT2D eigenvalue weighted by Crippen LogP contribution is 2.35. The number of hydrogen-bond donors (Lipinski definition) is 2. The number of nitrogens with one attached hydrogen (secondary N) is 1. The number of carbonyl (C=O) groups excluding carboxylic acids is 1. The largest absolute Gasteiger partial charge is 0.573 e. The Balaban J connectivity index is 1.39. The topological polar surface area (TPSA) is 117 Å². The Kier molecular flexibility index (Phi) is 10.2. The number of aliphatic imine (C=N–C) groups is 3. The number of carbonyl (C=O) groups is 1. The van der Waals surface area contributed by atoms with Crippen molar-refractivity contribution in [2.24, 2.45) is 31.7 Å². The predicted molar refractivity (Wildman–Crippen MR) is 167 cm³/mol. The van der Waals surface area contributed by atoms with Crippen LogP contribution in [-0.4, -0.2) is 48.1 Å². The van der Waals surface area contributed by atoms with Gasteiger partial charge in [0.25, 0.3) is 0 Å². The molecule has 0 bridgehead atoms. The first-order chi connectivity index (χ1) is 20.5. The third-order valence-corrected chi connectivity index (χ3v) is 6.80. The molecule has 43 heavy (non-hydrogen) atoms. The lowest BCUT2D eigenvalue weighted by Gasteiger charge is -2.28. The third kappa shape index (κ3) is 9.17. The van der Waals surface area contributed by atoms with Crippen LogP contribution in [0.3, 0.4) is 0 Å². The lowest BCUT2D eigenvalue weighted by Crippen LogP contribution is -2.37. The van der Waals surface area contributed by atoms with Gasteiger partial charge >= 0.3 is 6.36 Å². The average molecular weight is 610 g/mol. The van der Waals surface area contributed by atoms with Crippen LogP contribution in [0.2, 0.25) is 0 Å². The molecule has 0 aromatic heterocycles. The number of amides is 1. The normalized spacial score (nSPS) is 14.6. The number of aryl methyl sites for hydroxylation is 1. The van der Waals surface area contributed by atoms with Gasteiger partial charge in [-0.2, -0.15) is 5.10 Å². The van der Waals surface area contributed by atoms with Crippen LogP contribution in [0, 0.1) is 12.8 Å². The van der Waals surface area contributed by atoms with Crippen LogP contribution in [0.4, 0.5) is 30.2 Å². The highest BCUT2D eigenvalue weighted by atomic mass is 32.2. The van der Waals surface area contributed by atoms with E-state index in [1.807, 2.05) is 25.1 Å². The molecule has 0 radical (unpaired) electrons. The van der Waals surface area contributed by atoms with E-state index >= 15 is 0 Å². The van der Waals surface area contributed by atoms with E-state index in [0.29, 0.717) is 28.9 Å². The van der Waals surface area contributed by atoms with E-state index in [2.05, 4.69) is 39.1 Å². The Morgan fingerprint density at radius 2 is 1.86 bits per heavy atom. The van der Waals surface area contributed by atoms with E-state index in [1.54, 1.807) is 35.4 Å². The van der Waals surface area contributed by atoms with Crippen LogP contribution in [0.25, 0.3) is 0 Å². The Morgan fingerprint density at radius 3 is 2.53 bits per heavy atom. The summed E-state index contributed by atoms with van der Waals surface area (Å²) in [5.41, 5.74) is 13.3. The van der Waals surface area contributed by atoms with Crippen molar-refractivity contribution in [1.82, 2.24) is 5.43 Å². The maximum absolute atomic E-state index is 13.0. The molecular formula is C30H30F3N7O2S. The van der Waals surface area contributed by atoms with E-state index < -0.39 is 6.36 Å². The van der Waals surface area contributed by atoms with E-state index in [9.17, 15) is 18.0 Å². The first-order valence-electron chi connectivity index (χ1n) is 13.2. The minimum atomic E-state index is -4.76. The number of fused-ring (bicyclic) bond motifs is 1. The monoisotopic (exact) mass is 609 g/mol. The molecule has 1 heterocycles. The van der Waals surface area contributed by atoms with E-state index in [-0.39, 0.29) is 23.2 Å². The van der Waals surface area contributed by atoms with Crippen LogP contribution < -0.4 is 20.8 Å². The summed E-state index contributed by atoms with van der Waals surface area (Å²) >= 11 is 1.30. The molecule has 0 aliphatic carbocycles. The highest BCUT2D eigenvalue weighted by Gasteiger charge is 2.31. The minimum Gasteiger partial charge on any atom is -0.406 e. The average Bonchev–Trinajstić information content (AvgIpc) is 2.95. The van der Waals surface area contributed by atoms with Gasteiger partial charge in [0.05, 0.1) is 29.0 Å². The van der Waals surface area contributed by atoms with Crippen LogP contribution >= 0.6 is 11.8 Å². The Labute approximate surface area is 251 Å². The number of rotatable bonds is 8. The summed E-state index contributed by atoms with van der Waals surface area (Å²) < 4.78 is 40.7. The standard InChI is InChI=1S/C30H30F3N7O2S/c1-19(2)16-40-25-6-4-5-20(3)27(25)38-29(43-17-26(40)41)39-37-15-21-7-9-22(10-8-21)28(34)36-18-35-23-11-13-24(14-12-23)42-30(31,32)33/h4-15,18-19H,16-17H2,1-3H3,(H,38,39)(H2,34,35,36)/b37-15-. The molecule has 0 saturated heterocycles. The second-order valence-corrected chi connectivity index (χ2v) is 10.8. The quantitative estimate of drug-likeness (QED) is 0.177. The van der Waals surface area contributed by atoms with Crippen molar-refractivity contribution < 1.29 is 22.7 Å². The SMILES string of the molecule is Cc1cccc2c1N=C(N/N=C\c1ccc(C(N)=NC=Nc3ccc(OC(F)(F)F)cc3)cc1)SCC(=O)N2CC(C)C. The molecule has 1 aliphatic rings. The first kappa shape index (κ1) is 31.3. The van der Waals surface area contributed by atoms with Crippen molar-refractivity contribution >= 4 is 58.3 Å². The van der Waals surface area contributed by atoms with Crippen LogP contribution in [-0.2, 0) is 4.79 Å². The van der Waals surface area contributed by atoms with Crippen molar-refractivity contribution in [1.29, 1.82) is 0 Å². The van der Waals surface area contributed by atoms with Gasteiger partial charge in [0.1, 0.15) is 17.9 Å². The molecule has 0 spiro atoms. The molecule has 9 nitrogen and oxygen atoms in total. The van der Waals surface area contributed by atoms with Gasteiger partial charge in [-0.1, -0.05) is 62.0 Å². The fourth-order valence-corrected chi connectivity index (χ4v) is 4.66. The lowest BCUT2D eigenvalue weighted by atomic mass is 10.1. The number of hydrogen-bond acceptors (Lipinski definition) is 7. The van der Waals surface area contributed by atoms with E-state index in [4.69, 9.17) is 10.7 Å². The first-order valence-corrected chi connectivity index (χ1v) is 14.2. The summed E-state index contributed by atoms with van der Waals surface area (Å²) in [5.74, 6) is 0.416. The van der Waals surface area contributed by atoms with Gasteiger partial charge in [-0.05, 0) is 54.3 Å². The van der Waals surface area contributed by atoms with Crippen molar-refractivity contribution in [3.63, 3.8) is 0 Å². The molecule has 0 saturated carbocycles. The lowest BCUT2D eigenvalue weighted by molar-refractivity contribution is -0.274. The zero-order chi connectivity index (χ0) is 31.0. The van der Waals surface area contributed by atoms with Crippen molar-refractivity contribution in [2.45, 2.75) is 27.1 Å². The van der Waals surface area contributed by atoms with Gasteiger partial charge in [-0.3, -0.25) is 10.2 Å². The van der Waals surface area contributed by atoms with Gasteiger partial charge in [0.15, 0.2) is 5.17 Å². The molecule has 13 heteroatoms. The van der Waals surface area contributed by atoms with Crippen LogP contribution in [0.1, 0.15) is 30.5 Å². The summed E-state index contributed by atoms with van der Waals surface area (Å²) in [4.78, 5) is 27.8. The molecule has 0 fully saturated rings. The zero-order valence-electron chi connectivity index (χ0n) is 23.7. The molecule has 1 amide bonds. The number of hydrazone groups is 1. The molecule has 3 aromatic rings. The van der Waals surface area contributed by atoms with Crippen LogP contribution in [0.15, 0.2) is 86.8 Å². The second-order valence-electron chi connectivity index (χ2n) is 9.84. The van der Waals surface area contributed by atoms with Gasteiger partial charge in [0, 0.05) is 12.1 Å². The van der Waals surface area contributed by atoms with Crippen LogP contribution in [0.5, 0.6) is 5.75 Å². The van der Waals surface area contributed by atoms with Gasteiger partial charge in [-0.15, -0.1) is 13.2 Å². The number of alkyl halides is 3. The van der Waals surface area contributed by atoms with Gasteiger partial charge < -0.3 is 15.4 Å². The number of thioether (sulfide) groups is 1. The summed E-state index contributed by atoms with van der Waals surface area (Å²) in [6, 6.07) is 18.0. The highest BCUT2D eigenvalue weighted by molar-refractivity contribution is 8.14. The zero-order valence-corrected chi connectivity index (χ0v) is 24.5. The fraction of sp³-hybridized carbons (Fsp3) is 0.233. The van der Waals surface area contributed by atoms with E-state index in [1.165, 1.54) is 30.2 Å². The van der Waals surface area contributed by atoms with Crippen molar-refractivity contribution in [3.05, 3.63) is 83.4 Å². The Morgan fingerprint density at radius 1 is 1.14 bits per heavy atom. The molecule has 3 aromatic carbocycles. The molecule has 0 unspecified atom stereocenters. The summed E-state index contributed by atoms with van der Waals surface area (Å²) in [7, 11) is 0. The Hall–Kier alpha value is -4.65. The number of amidine groups is 2. The predicted octanol–water partition coefficient (Wildman–Crippen LogP) is 6.31. The summed E-state index contributed by atoms with van der Waals surface area (Å²) in [6.07, 6.45) is -1.92. The summed E-state index contributed by atoms with van der Waals surface area (Å²) in [5, 5.41) is 4.82. The second kappa shape index (κ2) is 14.0. The summed E-state index contributed by atoms with van der Waals surface area (Å²) in [6.45, 7) is 6.73. The van der Waals surface area contributed by atoms with E-state index in [0.717, 1.165) is 34.6 Å². The fourth-order valence-electron chi connectivity index (χ4n) is 3.97. The number of nitrogens with two attached hydrogens (primary N) is 1. The molecule has 1 aliphatic heterocycles. The number of para-hydroxylation sites is 1. The smallest absolute Gasteiger partial charge is 0.406 e. The minimum absolute atomic E-state index is 0.0112. The van der Waals surface area contributed by atoms with Crippen molar-refractivity contribution in [3.8, 4) is 5.75 Å². The number of nitrogens with zero attached hydrogens (tertiary/aromatic N) is 5. The van der Waals surface area contributed by atoms with Crippen molar-refractivity contribution in [2.75, 3.05) is 17.2 Å². The third-order valence-electron chi connectivity index (χ3n) is 5.96. The maximum atomic E-state index is 13.0. The molecule has 0 atom stereocenters. The number of halogens is 3. The molecular weight excluding hydrogens is 579 g/mol. The number of anilines is 1. The molecule has 3 N–H and O–H groups in total. The maximum Gasteiger partial charge on any atom is 0.573 e. The number of benzene rings is 3. The number of ether oxygens (including phenoxy) is 1. The van der Waals surface area contributed by atoms with Gasteiger partial charge in [0.2, 0.25) is 5.91 Å². The Bertz CT molecular complexity index is 1550. The molecule has 224 valence electrons.